The number of aliphatic hydroxyl groups excluding tert-OH is 2. The molecule has 0 bridgehead atoms. The van der Waals surface area contributed by atoms with Gasteiger partial charge in [0.1, 0.15) is 29.7 Å². The van der Waals surface area contributed by atoms with E-state index in [2.05, 4.69) is 26.3 Å². The van der Waals surface area contributed by atoms with Crippen molar-refractivity contribution in [2.75, 3.05) is 19.6 Å². The Morgan fingerprint density at radius 2 is 1.60 bits per heavy atom. The predicted molar refractivity (Wildman–Crippen MR) is 214 cm³/mol. The molecule has 0 aliphatic carbocycles. The van der Waals surface area contributed by atoms with Crippen molar-refractivity contribution in [2.24, 2.45) is 39.9 Å². The van der Waals surface area contributed by atoms with Gasteiger partial charge < -0.3 is 48.7 Å². The SMILES string of the molecule is CCCC(=O)N[C@H]1CCC[C@@H](C(=O)C[C@H](C(=O)CN)[C@@H](C)O)CC(=O)[C@H]([C@@H](C)O)CC(=O)CNC(=O)[C@H](Cc2ccccc2)NC(=O)[C@H](CCCN=C(N)N)NC1=O. The summed E-state index contributed by atoms with van der Waals surface area (Å²) in [6.07, 6.45) is -3.04. The van der Waals surface area contributed by atoms with E-state index in [1.54, 1.807) is 37.3 Å². The van der Waals surface area contributed by atoms with E-state index in [0.717, 1.165) is 0 Å². The van der Waals surface area contributed by atoms with Crippen molar-refractivity contribution in [3.05, 3.63) is 35.9 Å². The Bertz CT molecular complexity index is 1600. The van der Waals surface area contributed by atoms with Crippen LogP contribution in [0, 0.1) is 17.8 Å². The van der Waals surface area contributed by atoms with Crippen LogP contribution in [0.15, 0.2) is 35.3 Å². The molecule has 1 aliphatic rings. The molecule has 18 heteroatoms. The third-order valence-corrected chi connectivity index (χ3v) is 10.1. The Morgan fingerprint density at radius 1 is 0.931 bits per heavy atom. The summed E-state index contributed by atoms with van der Waals surface area (Å²) >= 11 is 0. The number of nitrogens with one attached hydrogen (secondary N) is 4. The van der Waals surface area contributed by atoms with Crippen LogP contribution in [0.3, 0.4) is 0 Å². The lowest BCUT2D eigenvalue weighted by atomic mass is 9.80. The number of aliphatic hydroxyl groups is 2. The summed E-state index contributed by atoms with van der Waals surface area (Å²) in [6.45, 7) is 3.59. The molecule has 0 saturated carbocycles. The first kappa shape index (κ1) is 49.1. The van der Waals surface area contributed by atoms with E-state index in [1.165, 1.54) is 13.8 Å². The van der Waals surface area contributed by atoms with Gasteiger partial charge in [0.25, 0.3) is 0 Å². The first-order valence-corrected chi connectivity index (χ1v) is 19.9. The highest BCUT2D eigenvalue weighted by Gasteiger charge is 2.35. The van der Waals surface area contributed by atoms with E-state index >= 15 is 0 Å². The number of hydrogen-bond donors (Lipinski definition) is 9. The van der Waals surface area contributed by atoms with Gasteiger partial charge in [-0.2, -0.15) is 0 Å². The lowest BCUT2D eigenvalue weighted by Crippen LogP contribution is -2.57. The van der Waals surface area contributed by atoms with E-state index < -0.39 is 127 Å². The summed E-state index contributed by atoms with van der Waals surface area (Å²) in [7, 11) is 0. The number of guanidine groups is 1. The minimum atomic E-state index is -1.32. The highest BCUT2D eigenvalue weighted by molar-refractivity contribution is 5.97. The lowest BCUT2D eigenvalue weighted by Gasteiger charge is -2.26. The summed E-state index contributed by atoms with van der Waals surface area (Å²) in [6, 6.07) is 5.10. The third kappa shape index (κ3) is 17.2. The molecule has 0 spiro atoms. The molecule has 0 unspecified atom stereocenters. The molecule has 8 atom stereocenters. The van der Waals surface area contributed by atoms with Crippen molar-refractivity contribution in [3.63, 3.8) is 0 Å². The smallest absolute Gasteiger partial charge is 0.243 e. The van der Waals surface area contributed by atoms with Crippen molar-refractivity contribution in [3.8, 4) is 0 Å². The third-order valence-electron chi connectivity index (χ3n) is 10.1. The fourth-order valence-electron chi connectivity index (χ4n) is 6.75. The number of nitrogens with zero attached hydrogens (tertiary/aromatic N) is 1. The second-order valence-electron chi connectivity index (χ2n) is 14.9. The fraction of sp³-hybridized carbons (Fsp3) is 0.625. The maximum absolute atomic E-state index is 14.0. The van der Waals surface area contributed by atoms with Crippen LogP contribution in [-0.4, -0.2) is 113 Å². The molecule has 18 nitrogen and oxygen atoms in total. The molecule has 4 amide bonds. The molecule has 2 rings (SSSR count). The van der Waals surface area contributed by atoms with Crippen LogP contribution in [0.4, 0.5) is 0 Å². The minimum Gasteiger partial charge on any atom is -0.393 e. The van der Waals surface area contributed by atoms with Gasteiger partial charge in [-0.1, -0.05) is 43.7 Å². The van der Waals surface area contributed by atoms with Crippen molar-refractivity contribution >= 4 is 52.7 Å². The van der Waals surface area contributed by atoms with E-state index in [9.17, 15) is 48.6 Å². The van der Waals surface area contributed by atoms with Crippen LogP contribution in [0.1, 0.15) is 90.5 Å². The number of nitrogens with two attached hydrogens (primary N) is 3. The fourth-order valence-corrected chi connectivity index (χ4v) is 6.75. The van der Waals surface area contributed by atoms with Gasteiger partial charge in [-0.3, -0.25) is 43.3 Å². The molecule has 58 heavy (non-hydrogen) atoms. The van der Waals surface area contributed by atoms with Gasteiger partial charge >= 0.3 is 0 Å². The largest absolute Gasteiger partial charge is 0.393 e. The van der Waals surface area contributed by atoms with Gasteiger partial charge in [0.2, 0.25) is 23.6 Å². The van der Waals surface area contributed by atoms with Crippen molar-refractivity contribution < 1.29 is 48.6 Å². The Hall–Kier alpha value is -5.07. The molecule has 1 heterocycles. The van der Waals surface area contributed by atoms with E-state index in [4.69, 9.17) is 17.2 Å². The average molecular weight is 815 g/mol. The number of Topliss-reactive ketones (excluding diaryl/α,β-unsaturated/α-hetero) is 4. The number of amides is 4. The molecule has 0 radical (unpaired) electrons. The molecular formula is C40H62N8O10. The highest BCUT2D eigenvalue weighted by atomic mass is 16.3. The molecule has 322 valence electrons. The topological polar surface area (TPSA) is 316 Å². The van der Waals surface area contributed by atoms with Gasteiger partial charge in [-0.05, 0) is 51.5 Å². The van der Waals surface area contributed by atoms with Gasteiger partial charge in [-0.25, -0.2) is 0 Å². The Kier molecular flexibility index (Phi) is 21.4. The molecule has 1 saturated heterocycles. The number of hydrogen-bond acceptors (Lipinski definition) is 12. The van der Waals surface area contributed by atoms with Gasteiger partial charge in [0.05, 0.1) is 37.1 Å². The number of carbonyl (C=O) groups is 8. The van der Waals surface area contributed by atoms with E-state index in [-0.39, 0.29) is 57.5 Å². The number of carbonyl (C=O) groups excluding carboxylic acids is 8. The maximum Gasteiger partial charge on any atom is 0.243 e. The standard InChI is InChI=1S/C40H62N8O10/c1-4-10-36(55)46-30-14-8-13-26(33(52)20-29(24(3)50)35(54)21-41)18-34(53)28(23(2)49)19-27(51)22-45-37(56)32(17-25-11-6-5-7-12-25)48-39(58)31(47-38(30)57)15-9-16-44-40(42)43/h5-7,11-12,23-24,26,28-32,49-50H,4,8-10,13-22,41H2,1-3H3,(H,45,56)(H,46,55)(H,47,57)(H,48,58)(H4,42,43,44)/t23-,24-,26-,28+,29+,30+,31+,32+/m1/s1. The van der Waals surface area contributed by atoms with Crippen molar-refractivity contribution in [1.82, 2.24) is 21.3 Å². The molecule has 1 aliphatic heterocycles. The Labute approximate surface area is 339 Å². The summed E-state index contributed by atoms with van der Waals surface area (Å²) in [5.41, 5.74) is 17.1. The number of aliphatic imine (C=N–C) groups is 1. The molecule has 1 aromatic rings. The van der Waals surface area contributed by atoms with Crippen LogP contribution in [0.2, 0.25) is 0 Å². The van der Waals surface area contributed by atoms with Gasteiger partial charge in [-0.15, -0.1) is 0 Å². The zero-order valence-corrected chi connectivity index (χ0v) is 33.7. The second-order valence-corrected chi connectivity index (χ2v) is 14.9. The maximum atomic E-state index is 14.0. The van der Waals surface area contributed by atoms with Gasteiger partial charge in [0, 0.05) is 44.6 Å². The molecule has 1 fully saturated rings. The number of benzene rings is 1. The van der Waals surface area contributed by atoms with Crippen LogP contribution in [0.25, 0.3) is 0 Å². The van der Waals surface area contributed by atoms with Crippen LogP contribution >= 0.6 is 0 Å². The van der Waals surface area contributed by atoms with Crippen molar-refractivity contribution in [2.45, 2.75) is 122 Å². The second kappa shape index (κ2) is 25.3. The highest BCUT2D eigenvalue weighted by Crippen LogP contribution is 2.25. The first-order chi connectivity index (χ1) is 27.5. The molecule has 1 aromatic carbocycles. The summed E-state index contributed by atoms with van der Waals surface area (Å²) in [5.74, 6) is -8.60. The predicted octanol–water partition coefficient (Wildman–Crippen LogP) is -1.15. The Balaban J connectivity index is 2.61. The monoisotopic (exact) mass is 814 g/mol. The van der Waals surface area contributed by atoms with Crippen molar-refractivity contribution in [1.29, 1.82) is 0 Å². The zero-order chi connectivity index (χ0) is 43.4. The van der Waals surface area contributed by atoms with Crippen LogP contribution in [-0.2, 0) is 44.8 Å². The lowest BCUT2D eigenvalue weighted by molar-refractivity contribution is -0.136. The van der Waals surface area contributed by atoms with E-state index in [0.29, 0.717) is 12.0 Å². The molecule has 0 aromatic heterocycles. The summed E-state index contributed by atoms with van der Waals surface area (Å²) in [4.78, 5) is 112. The van der Waals surface area contributed by atoms with Crippen LogP contribution < -0.4 is 38.5 Å². The molecule has 12 N–H and O–H groups in total. The molecular weight excluding hydrogens is 752 g/mol. The minimum absolute atomic E-state index is 0.00790. The first-order valence-electron chi connectivity index (χ1n) is 19.9. The summed E-state index contributed by atoms with van der Waals surface area (Å²) in [5, 5.41) is 31.5. The zero-order valence-electron chi connectivity index (χ0n) is 33.7. The van der Waals surface area contributed by atoms with Gasteiger partial charge in [0.15, 0.2) is 17.5 Å². The Morgan fingerprint density at radius 3 is 2.21 bits per heavy atom. The number of rotatable bonds is 16. The van der Waals surface area contributed by atoms with Crippen LogP contribution in [0.5, 0.6) is 0 Å². The number of ketones is 4. The quantitative estimate of drug-likeness (QED) is 0.0542. The normalized spacial score (nSPS) is 23.3. The average Bonchev–Trinajstić information content (AvgIpc) is 3.17. The van der Waals surface area contributed by atoms with E-state index in [1.807, 2.05) is 0 Å². The summed E-state index contributed by atoms with van der Waals surface area (Å²) < 4.78 is 0.